The molecule has 1 aromatic carbocycles. The smallest absolute Gasteiger partial charge is 0.248 e. The highest BCUT2D eigenvalue weighted by Gasteiger charge is 2.45. The van der Waals surface area contributed by atoms with E-state index >= 15 is 0 Å². The van der Waals surface area contributed by atoms with Crippen molar-refractivity contribution in [3.63, 3.8) is 0 Å². The lowest BCUT2D eigenvalue weighted by Crippen LogP contribution is -2.43. The summed E-state index contributed by atoms with van der Waals surface area (Å²) in [5.74, 6) is 0.520. The van der Waals surface area contributed by atoms with Crippen molar-refractivity contribution in [2.45, 2.75) is 96.9 Å². The van der Waals surface area contributed by atoms with Crippen LogP contribution in [0.3, 0.4) is 0 Å². The fourth-order valence-electron chi connectivity index (χ4n) is 3.68. The number of ether oxygens (including phenoxy) is 2. The van der Waals surface area contributed by atoms with Gasteiger partial charge in [-0.3, -0.25) is 0 Å². The molecule has 0 amide bonds. The molecule has 0 unspecified atom stereocenters. The Morgan fingerprint density at radius 3 is 1.96 bits per heavy atom. The fraction of sp³-hybridized carbons (Fsp3) is 0.727. The minimum Gasteiger partial charge on any atom is -0.339 e. The second-order valence-corrected chi connectivity index (χ2v) is 10.3. The Morgan fingerprint density at radius 2 is 1.57 bits per heavy atom. The molecular formula is C22H37NO4S. The first-order chi connectivity index (χ1) is 13.1. The maximum Gasteiger partial charge on any atom is 0.248 e. The highest BCUT2D eigenvalue weighted by Crippen LogP contribution is 2.39. The molecule has 5 nitrogen and oxygen atoms in total. The third-order valence-corrected chi connectivity index (χ3v) is 7.41. The van der Waals surface area contributed by atoms with Crippen LogP contribution in [0.4, 0.5) is 0 Å². The van der Waals surface area contributed by atoms with Crippen molar-refractivity contribution in [2.75, 3.05) is 13.2 Å². The summed E-state index contributed by atoms with van der Waals surface area (Å²) in [4.78, 5) is 0.440. The Hall–Kier alpha value is -0.950. The minimum atomic E-state index is -3.78. The summed E-state index contributed by atoms with van der Waals surface area (Å²) in [7, 11) is -3.78. The highest BCUT2D eigenvalue weighted by atomic mass is 32.2. The zero-order chi connectivity index (χ0) is 21.2. The topological polar surface area (TPSA) is 55.8 Å². The van der Waals surface area contributed by atoms with Gasteiger partial charge in [0.05, 0.1) is 17.5 Å². The Bertz CT molecular complexity index is 742. The van der Waals surface area contributed by atoms with E-state index in [1.54, 1.807) is 0 Å². The predicted octanol–water partition coefficient (Wildman–Crippen LogP) is 5.18. The maximum atomic E-state index is 14.0. The molecule has 0 saturated carbocycles. The molecule has 0 aromatic heterocycles. The lowest BCUT2D eigenvalue weighted by molar-refractivity contribution is -0.149. The predicted molar refractivity (Wildman–Crippen MR) is 113 cm³/mol. The summed E-state index contributed by atoms with van der Waals surface area (Å²) in [6, 6.07) is 3.93. The number of sulfonamides is 1. The number of benzene rings is 1. The maximum absolute atomic E-state index is 14.0. The molecule has 1 aromatic rings. The second-order valence-electron chi connectivity index (χ2n) is 8.49. The van der Waals surface area contributed by atoms with Crippen LogP contribution in [0.25, 0.3) is 0 Å². The quantitative estimate of drug-likeness (QED) is 0.592. The van der Waals surface area contributed by atoms with Crippen LogP contribution in [0.2, 0.25) is 0 Å². The SMILES string of the molecule is CCO[C@@H]1OC[C@@H](CC)N1S(=O)(=O)c1c(C(C)C)cc(C(C)C)cc1C(C)C. The standard InChI is InChI=1S/C22H37NO4S/c1-9-18-13-27-22(26-10-2)23(18)28(24,25)21-19(15(5)6)11-17(14(3)4)12-20(21)16(7)8/h11-12,14-16,18,22H,9-10,13H2,1-8H3/t18-,22-/m1/s1. The van der Waals surface area contributed by atoms with Gasteiger partial charge >= 0.3 is 0 Å². The van der Waals surface area contributed by atoms with E-state index < -0.39 is 16.4 Å². The van der Waals surface area contributed by atoms with Crippen LogP contribution in [-0.4, -0.2) is 38.4 Å². The van der Waals surface area contributed by atoms with Crippen molar-refractivity contribution in [2.24, 2.45) is 0 Å². The molecule has 2 rings (SSSR count). The van der Waals surface area contributed by atoms with E-state index in [0.29, 0.717) is 30.4 Å². The van der Waals surface area contributed by atoms with Gasteiger partial charge in [0.15, 0.2) is 0 Å². The Kier molecular flexibility index (Phi) is 7.70. The summed E-state index contributed by atoms with van der Waals surface area (Å²) in [6.45, 7) is 17.1. The van der Waals surface area contributed by atoms with Crippen LogP contribution >= 0.6 is 0 Å². The largest absolute Gasteiger partial charge is 0.339 e. The fourth-order valence-corrected chi connectivity index (χ4v) is 6.02. The monoisotopic (exact) mass is 411 g/mol. The van der Waals surface area contributed by atoms with E-state index in [-0.39, 0.29) is 17.9 Å². The summed E-state index contributed by atoms with van der Waals surface area (Å²) >= 11 is 0. The van der Waals surface area contributed by atoms with Crippen LogP contribution in [0.1, 0.15) is 96.3 Å². The summed E-state index contributed by atoms with van der Waals surface area (Å²) in [6.07, 6.45) is -0.175. The van der Waals surface area contributed by atoms with Gasteiger partial charge in [-0.15, -0.1) is 4.31 Å². The molecule has 2 atom stereocenters. The van der Waals surface area contributed by atoms with E-state index in [2.05, 4.69) is 53.7 Å². The minimum absolute atomic E-state index is 0.0927. The van der Waals surface area contributed by atoms with Crippen molar-refractivity contribution in [3.8, 4) is 0 Å². The van der Waals surface area contributed by atoms with Crippen LogP contribution in [-0.2, 0) is 19.5 Å². The average molecular weight is 412 g/mol. The summed E-state index contributed by atoms with van der Waals surface area (Å²) in [5, 5.41) is 0. The third-order valence-electron chi connectivity index (χ3n) is 5.39. The average Bonchev–Trinajstić information content (AvgIpc) is 3.04. The summed E-state index contributed by atoms with van der Waals surface area (Å²) < 4.78 is 40.8. The van der Waals surface area contributed by atoms with Gasteiger partial charge in [0.2, 0.25) is 16.4 Å². The van der Waals surface area contributed by atoms with E-state index in [4.69, 9.17) is 9.47 Å². The molecule has 1 heterocycles. The molecule has 1 aliphatic rings. The number of hydrogen-bond acceptors (Lipinski definition) is 4. The molecule has 0 spiro atoms. The van der Waals surface area contributed by atoms with Gasteiger partial charge < -0.3 is 9.47 Å². The molecule has 0 N–H and O–H groups in total. The molecule has 160 valence electrons. The first-order valence-electron chi connectivity index (χ1n) is 10.5. The number of rotatable bonds is 8. The lowest BCUT2D eigenvalue weighted by atomic mass is 9.89. The second kappa shape index (κ2) is 9.24. The molecule has 1 saturated heterocycles. The zero-order valence-electron chi connectivity index (χ0n) is 18.7. The van der Waals surface area contributed by atoms with Crippen LogP contribution in [0, 0.1) is 0 Å². The Morgan fingerprint density at radius 1 is 1.04 bits per heavy atom. The van der Waals surface area contributed by atoms with E-state index in [1.807, 2.05) is 13.8 Å². The highest BCUT2D eigenvalue weighted by molar-refractivity contribution is 7.89. The van der Waals surface area contributed by atoms with Gasteiger partial charge in [0, 0.05) is 6.61 Å². The van der Waals surface area contributed by atoms with Crippen molar-refractivity contribution in [1.29, 1.82) is 0 Å². The lowest BCUT2D eigenvalue weighted by Gasteiger charge is -2.30. The van der Waals surface area contributed by atoms with E-state index in [1.165, 1.54) is 9.87 Å². The van der Waals surface area contributed by atoms with Crippen LogP contribution in [0.15, 0.2) is 17.0 Å². The number of hydrogen-bond donors (Lipinski definition) is 0. The molecule has 1 aliphatic heterocycles. The molecular weight excluding hydrogens is 374 g/mol. The normalized spacial score (nSPS) is 21.4. The van der Waals surface area contributed by atoms with Gasteiger partial charge in [-0.05, 0) is 47.8 Å². The van der Waals surface area contributed by atoms with Crippen molar-refractivity contribution < 1.29 is 17.9 Å². The van der Waals surface area contributed by atoms with E-state index in [0.717, 1.165) is 11.1 Å². The van der Waals surface area contributed by atoms with Crippen LogP contribution < -0.4 is 0 Å². The Labute approximate surface area is 171 Å². The first-order valence-corrected chi connectivity index (χ1v) is 11.9. The molecule has 0 bridgehead atoms. The molecule has 0 aliphatic carbocycles. The van der Waals surface area contributed by atoms with Gasteiger partial charge in [0.1, 0.15) is 0 Å². The number of nitrogens with zero attached hydrogens (tertiary/aromatic N) is 1. The van der Waals surface area contributed by atoms with Gasteiger partial charge in [0.25, 0.3) is 0 Å². The Balaban J connectivity index is 2.75. The van der Waals surface area contributed by atoms with Crippen molar-refractivity contribution >= 4 is 10.0 Å². The van der Waals surface area contributed by atoms with Crippen molar-refractivity contribution in [3.05, 3.63) is 28.8 Å². The van der Waals surface area contributed by atoms with Gasteiger partial charge in [-0.25, -0.2) is 8.42 Å². The van der Waals surface area contributed by atoms with Crippen LogP contribution in [0.5, 0.6) is 0 Å². The zero-order valence-corrected chi connectivity index (χ0v) is 19.5. The van der Waals surface area contributed by atoms with E-state index in [9.17, 15) is 8.42 Å². The molecule has 28 heavy (non-hydrogen) atoms. The third kappa shape index (κ3) is 4.45. The molecule has 1 fully saturated rings. The molecule has 0 radical (unpaired) electrons. The molecule has 6 heteroatoms. The first kappa shape index (κ1) is 23.3. The van der Waals surface area contributed by atoms with Gasteiger partial charge in [-0.1, -0.05) is 60.6 Å². The van der Waals surface area contributed by atoms with Gasteiger partial charge in [-0.2, -0.15) is 0 Å². The van der Waals surface area contributed by atoms with Crippen molar-refractivity contribution in [1.82, 2.24) is 4.31 Å². The summed E-state index contributed by atoms with van der Waals surface area (Å²) in [5.41, 5.74) is 2.94.